The van der Waals surface area contributed by atoms with Crippen molar-refractivity contribution in [2.75, 3.05) is 0 Å². The summed E-state index contributed by atoms with van der Waals surface area (Å²) in [6.45, 7) is 0. The maximum absolute atomic E-state index is 4.25. The van der Waals surface area contributed by atoms with Crippen LogP contribution in [-0.2, 0) is 20.1 Å². The molecule has 0 amide bonds. The van der Waals surface area contributed by atoms with Crippen LogP contribution in [0.4, 0.5) is 0 Å². The summed E-state index contributed by atoms with van der Waals surface area (Å²) >= 11 is 0. The van der Waals surface area contributed by atoms with Gasteiger partial charge in [-0.3, -0.25) is 9.97 Å². The Bertz CT molecular complexity index is 692. The summed E-state index contributed by atoms with van der Waals surface area (Å²) in [4.78, 5) is 8.50. The fourth-order valence-corrected chi connectivity index (χ4v) is 2.28. The molecule has 130 valence electrons. The largest absolute Gasteiger partial charge is 3.00 e. The van der Waals surface area contributed by atoms with Gasteiger partial charge in [0.05, 0.1) is 11.4 Å². The third-order valence-electron chi connectivity index (χ3n) is 3.47. The predicted octanol–water partition coefficient (Wildman–Crippen LogP) is 5.55. The molecule has 0 N–H and O–H groups in total. The SMILES string of the molecule is P.[Ir+3].c1ccc(-c2ccccn2)cc1.c1ccc(-c2ccccn2)cc1. The van der Waals surface area contributed by atoms with Gasteiger partial charge in [-0.15, -0.1) is 0 Å². The van der Waals surface area contributed by atoms with Gasteiger partial charge in [0, 0.05) is 23.5 Å². The number of aromatic nitrogens is 2. The van der Waals surface area contributed by atoms with Crippen LogP contribution in [0.3, 0.4) is 0 Å². The Morgan fingerprint density at radius 2 is 0.769 bits per heavy atom. The van der Waals surface area contributed by atoms with Crippen LogP contribution in [0.25, 0.3) is 22.5 Å². The molecular weight excluding hydrogens is 515 g/mol. The topological polar surface area (TPSA) is 25.8 Å². The number of hydrogen-bond donors (Lipinski definition) is 0. The third kappa shape index (κ3) is 6.61. The van der Waals surface area contributed by atoms with Crippen molar-refractivity contribution in [3.05, 3.63) is 109 Å². The molecule has 4 rings (SSSR count). The molecule has 0 saturated carbocycles. The van der Waals surface area contributed by atoms with E-state index in [1.165, 1.54) is 0 Å². The second kappa shape index (κ2) is 12.2. The fraction of sp³-hybridized carbons (Fsp3) is 0. The zero-order valence-electron chi connectivity index (χ0n) is 14.3. The normalized spacial score (nSPS) is 8.92. The van der Waals surface area contributed by atoms with Crippen LogP contribution in [-0.4, -0.2) is 9.97 Å². The molecule has 2 aromatic heterocycles. The minimum absolute atomic E-state index is 0. The maximum atomic E-state index is 4.25. The average molecular weight is 537 g/mol. The molecule has 0 spiro atoms. The van der Waals surface area contributed by atoms with Gasteiger partial charge >= 0.3 is 20.1 Å². The third-order valence-corrected chi connectivity index (χ3v) is 3.47. The van der Waals surface area contributed by atoms with Crippen LogP contribution in [0.1, 0.15) is 0 Å². The van der Waals surface area contributed by atoms with Gasteiger partial charge in [0.1, 0.15) is 0 Å². The van der Waals surface area contributed by atoms with E-state index in [1.807, 2.05) is 85.2 Å². The molecule has 4 heteroatoms. The van der Waals surface area contributed by atoms with E-state index in [0.29, 0.717) is 0 Å². The van der Waals surface area contributed by atoms with Crippen LogP contribution in [0, 0.1) is 0 Å². The van der Waals surface area contributed by atoms with Gasteiger partial charge in [0.15, 0.2) is 0 Å². The van der Waals surface area contributed by atoms with E-state index in [-0.39, 0.29) is 30.0 Å². The summed E-state index contributed by atoms with van der Waals surface area (Å²) in [5.74, 6) is 0. The number of hydrogen-bond acceptors (Lipinski definition) is 2. The number of benzene rings is 2. The molecule has 0 radical (unpaired) electrons. The van der Waals surface area contributed by atoms with Crippen LogP contribution in [0.2, 0.25) is 0 Å². The van der Waals surface area contributed by atoms with Crippen molar-refractivity contribution >= 4 is 9.90 Å². The molecule has 4 aromatic rings. The van der Waals surface area contributed by atoms with Crippen LogP contribution < -0.4 is 0 Å². The first-order valence-electron chi connectivity index (χ1n) is 7.86. The molecule has 0 bridgehead atoms. The molecule has 2 aromatic carbocycles. The van der Waals surface area contributed by atoms with Crippen molar-refractivity contribution in [1.82, 2.24) is 9.97 Å². The molecule has 0 aliphatic rings. The molecule has 26 heavy (non-hydrogen) atoms. The summed E-state index contributed by atoms with van der Waals surface area (Å²) in [6.07, 6.45) is 3.62. The minimum Gasteiger partial charge on any atom is -0.256 e. The van der Waals surface area contributed by atoms with E-state index in [9.17, 15) is 0 Å². The van der Waals surface area contributed by atoms with Gasteiger partial charge in [-0.05, 0) is 24.3 Å². The summed E-state index contributed by atoms with van der Waals surface area (Å²) in [6, 6.07) is 32.2. The Balaban J connectivity index is 0.000000241. The number of nitrogens with zero attached hydrogens (tertiary/aromatic N) is 2. The summed E-state index contributed by atoms with van der Waals surface area (Å²) in [5, 5.41) is 0. The first-order valence-corrected chi connectivity index (χ1v) is 7.86. The Hall–Kier alpha value is -2.18. The monoisotopic (exact) mass is 537 g/mol. The second-order valence-electron chi connectivity index (χ2n) is 5.16. The van der Waals surface area contributed by atoms with E-state index in [0.717, 1.165) is 22.5 Å². The standard InChI is InChI=1S/2C11H9N.Ir.H3P/c2*1-2-6-10(7-3-1)11-8-4-5-9-12-11;;/h2*1-9H;;1H3/q;;+3;. The van der Waals surface area contributed by atoms with Gasteiger partial charge in [0.25, 0.3) is 0 Å². The number of rotatable bonds is 2. The molecule has 0 aliphatic carbocycles. The first-order chi connectivity index (χ1) is 11.9. The second-order valence-corrected chi connectivity index (χ2v) is 5.16. The van der Waals surface area contributed by atoms with Gasteiger partial charge in [-0.25, -0.2) is 0 Å². The molecule has 1 atom stereocenters. The Morgan fingerprint density at radius 1 is 0.423 bits per heavy atom. The first kappa shape index (κ1) is 21.9. The average Bonchev–Trinajstić information content (AvgIpc) is 2.71. The van der Waals surface area contributed by atoms with Crippen molar-refractivity contribution in [2.45, 2.75) is 0 Å². The van der Waals surface area contributed by atoms with Crippen molar-refractivity contribution < 1.29 is 20.1 Å². The molecule has 0 aliphatic heterocycles. The van der Waals surface area contributed by atoms with Crippen molar-refractivity contribution in [1.29, 1.82) is 0 Å². The molecule has 1 unspecified atom stereocenters. The van der Waals surface area contributed by atoms with Crippen LogP contribution in [0.15, 0.2) is 109 Å². The Morgan fingerprint density at radius 3 is 1.08 bits per heavy atom. The van der Waals surface area contributed by atoms with Crippen molar-refractivity contribution in [3.63, 3.8) is 0 Å². The number of pyridine rings is 2. The maximum Gasteiger partial charge on any atom is 3.00 e. The summed E-state index contributed by atoms with van der Waals surface area (Å²) < 4.78 is 0. The zero-order valence-corrected chi connectivity index (χ0v) is 18.1. The Labute approximate surface area is 171 Å². The van der Waals surface area contributed by atoms with Gasteiger partial charge < -0.3 is 0 Å². The van der Waals surface area contributed by atoms with Crippen LogP contribution in [0.5, 0.6) is 0 Å². The van der Waals surface area contributed by atoms with Crippen molar-refractivity contribution in [3.8, 4) is 22.5 Å². The molecule has 0 fully saturated rings. The minimum atomic E-state index is 0. The molecular formula is C22H21IrN2P+3. The van der Waals surface area contributed by atoms with E-state index in [2.05, 4.69) is 34.2 Å². The van der Waals surface area contributed by atoms with E-state index in [1.54, 1.807) is 0 Å². The van der Waals surface area contributed by atoms with Gasteiger partial charge in [-0.2, -0.15) is 9.90 Å². The Kier molecular flexibility index (Phi) is 10.3. The van der Waals surface area contributed by atoms with Gasteiger partial charge in [0.2, 0.25) is 0 Å². The quantitative estimate of drug-likeness (QED) is 0.314. The van der Waals surface area contributed by atoms with E-state index < -0.39 is 0 Å². The molecule has 2 nitrogen and oxygen atoms in total. The smallest absolute Gasteiger partial charge is 0.256 e. The molecule has 2 heterocycles. The molecule has 0 saturated heterocycles. The van der Waals surface area contributed by atoms with Gasteiger partial charge in [-0.1, -0.05) is 72.8 Å². The van der Waals surface area contributed by atoms with E-state index >= 15 is 0 Å². The van der Waals surface area contributed by atoms with E-state index in [4.69, 9.17) is 0 Å². The summed E-state index contributed by atoms with van der Waals surface area (Å²) in [5.41, 5.74) is 4.38. The van der Waals surface area contributed by atoms with Crippen molar-refractivity contribution in [2.24, 2.45) is 0 Å². The predicted molar refractivity (Wildman–Crippen MR) is 110 cm³/mol. The van der Waals surface area contributed by atoms with Crippen LogP contribution >= 0.6 is 9.90 Å². The fourth-order valence-electron chi connectivity index (χ4n) is 2.28. The summed E-state index contributed by atoms with van der Waals surface area (Å²) in [7, 11) is 0. The zero-order chi connectivity index (χ0) is 16.5.